The Kier molecular flexibility index (Phi) is 5.92. The number of aliphatic hydroxyl groups is 1. The van der Waals surface area contributed by atoms with Crippen LogP contribution < -0.4 is 0 Å². The minimum absolute atomic E-state index is 0.0727. The molecule has 23 heavy (non-hydrogen) atoms. The minimum atomic E-state index is 0.0727. The Balaban J connectivity index is 1.45. The predicted molar refractivity (Wildman–Crippen MR) is 91.1 cm³/mol. The lowest BCUT2D eigenvalue weighted by atomic mass is 9.74. The number of hydrogen-bond donors (Lipinski definition) is 1. The first kappa shape index (κ1) is 16.7. The summed E-state index contributed by atoms with van der Waals surface area (Å²) in [7, 11) is 0. The molecule has 2 aliphatic rings. The zero-order chi connectivity index (χ0) is 16.0. The second-order valence-electron chi connectivity index (χ2n) is 7.07. The van der Waals surface area contributed by atoms with Crippen LogP contribution in [0.5, 0.6) is 0 Å². The zero-order valence-corrected chi connectivity index (χ0v) is 14.0. The molecule has 0 aromatic carbocycles. The van der Waals surface area contributed by atoms with Gasteiger partial charge in [-0.05, 0) is 75.2 Å². The SMILES string of the molecule is OCC1(CC2CCCCO2)CCN(C/C=C/c2ccco2)CC1. The largest absolute Gasteiger partial charge is 0.465 e. The third-order valence-corrected chi connectivity index (χ3v) is 5.38. The minimum Gasteiger partial charge on any atom is -0.465 e. The predicted octanol–water partition coefficient (Wildman–Crippen LogP) is 3.33. The lowest BCUT2D eigenvalue weighted by Gasteiger charge is -2.42. The number of furan rings is 1. The topological polar surface area (TPSA) is 45.8 Å². The Bertz CT molecular complexity index is 469. The normalized spacial score (nSPS) is 25.9. The maximum atomic E-state index is 9.96. The molecule has 0 saturated carbocycles. The summed E-state index contributed by atoms with van der Waals surface area (Å²) in [6.45, 7) is 4.24. The molecule has 1 atom stereocenters. The van der Waals surface area contributed by atoms with Crippen LogP contribution in [-0.2, 0) is 4.74 Å². The van der Waals surface area contributed by atoms with Crippen molar-refractivity contribution in [1.82, 2.24) is 4.90 Å². The monoisotopic (exact) mass is 319 g/mol. The molecule has 4 nitrogen and oxygen atoms in total. The summed E-state index contributed by atoms with van der Waals surface area (Å²) in [4.78, 5) is 2.45. The molecular weight excluding hydrogens is 290 g/mol. The van der Waals surface area contributed by atoms with Crippen molar-refractivity contribution >= 4 is 6.08 Å². The molecule has 0 radical (unpaired) electrons. The van der Waals surface area contributed by atoms with Crippen LogP contribution in [0.1, 0.15) is 44.3 Å². The molecule has 0 aliphatic carbocycles. The standard InChI is InChI=1S/C19H29NO3/c21-16-19(15-18-5-1-2-13-23-18)8-11-20(12-9-19)10-3-6-17-7-4-14-22-17/h3-4,6-7,14,18,21H,1-2,5,8-13,15-16H2/b6-3+. The number of hydrogen-bond acceptors (Lipinski definition) is 4. The summed E-state index contributed by atoms with van der Waals surface area (Å²) >= 11 is 0. The molecule has 2 aliphatic heterocycles. The van der Waals surface area contributed by atoms with E-state index in [1.54, 1.807) is 6.26 Å². The highest BCUT2D eigenvalue weighted by molar-refractivity contribution is 5.42. The quantitative estimate of drug-likeness (QED) is 0.873. The van der Waals surface area contributed by atoms with Crippen LogP contribution in [0.2, 0.25) is 0 Å². The molecule has 1 aromatic heterocycles. The van der Waals surface area contributed by atoms with Crippen molar-refractivity contribution in [3.63, 3.8) is 0 Å². The highest BCUT2D eigenvalue weighted by atomic mass is 16.5. The first-order valence-corrected chi connectivity index (χ1v) is 8.95. The lowest BCUT2D eigenvalue weighted by molar-refractivity contribution is -0.0469. The summed E-state index contributed by atoms with van der Waals surface area (Å²) in [5.74, 6) is 0.904. The Morgan fingerprint density at radius 1 is 1.30 bits per heavy atom. The Morgan fingerprint density at radius 2 is 2.17 bits per heavy atom. The van der Waals surface area contributed by atoms with E-state index >= 15 is 0 Å². The Labute approximate surface area is 139 Å². The third kappa shape index (κ3) is 4.69. The van der Waals surface area contributed by atoms with Gasteiger partial charge < -0.3 is 14.3 Å². The van der Waals surface area contributed by atoms with Crippen molar-refractivity contribution < 1.29 is 14.3 Å². The van der Waals surface area contributed by atoms with Gasteiger partial charge in [-0.15, -0.1) is 0 Å². The van der Waals surface area contributed by atoms with Gasteiger partial charge in [-0.2, -0.15) is 0 Å². The summed E-state index contributed by atoms with van der Waals surface area (Å²) in [5.41, 5.74) is 0.0727. The molecule has 1 unspecified atom stereocenters. The number of nitrogens with zero attached hydrogens (tertiary/aromatic N) is 1. The van der Waals surface area contributed by atoms with Gasteiger partial charge >= 0.3 is 0 Å². The molecule has 0 bridgehead atoms. The van der Waals surface area contributed by atoms with Crippen LogP contribution in [0.15, 0.2) is 28.9 Å². The summed E-state index contributed by atoms with van der Waals surface area (Å²) < 4.78 is 11.2. The van der Waals surface area contributed by atoms with Crippen LogP contribution in [-0.4, -0.2) is 49.0 Å². The summed E-state index contributed by atoms with van der Waals surface area (Å²) in [6, 6.07) is 3.87. The van der Waals surface area contributed by atoms with Gasteiger partial charge in [0.2, 0.25) is 0 Å². The first-order chi connectivity index (χ1) is 11.3. The van der Waals surface area contributed by atoms with Crippen molar-refractivity contribution in [3.05, 3.63) is 30.2 Å². The van der Waals surface area contributed by atoms with Crippen molar-refractivity contribution in [3.8, 4) is 0 Å². The van der Waals surface area contributed by atoms with E-state index in [1.807, 2.05) is 18.2 Å². The van der Waals surface area contributed by atoms with Crippen molar-refractivity contribution in [2.75, 3.05) is 32.8 Å². The number of rotatable bonds is 6. The smallest absolute Gasteiger partial charge is 0.126 e. The third-order valence-electron chi connectivity index (χ3n) is 5.38. The van der Waals surface area contributed by atoms with Crippen molar-refractivity contribution in [1.29, 1.82) is 0 Å². The van der Waals surface area contributed by atoms with Gasteiger partial charge in [0.15, 0.2) is 0 Å². The molecule has 1 N–H and O–H groups in total. The molecule has 2 fully saturated rings. The molecule has 4 heteroatoms. The van der Waals surface area contributed by atoms with E-state index < -0.39 is 0 Å². The van der Waals surface area contributed by atoms with Gasteiger partial charge in [0.05, 0.1) is 12.4 Å². The average Bonchev–Trinajstić information content (AvgIpc) is 3.11. The van der Waals surface area contributed by atoms with E-state index in [1.165, 1.54) is 12.8 Å². The maximum Gasteiger partial charge on any atom is 0.126 e. The molecule has 3 heterocycles. The van der Waals surface area contributed by atoms with E-state index in [2.05, 4.69) is 11.0 Å². The molecule has 2 saturated heterocycles. The Morgan fingerprint density at radius 3 is 2.83 bits per heavy atom. The maximum absolute atomic E-state index is 9.96. The van der Waals surface area contributed by atoms with Gasteiger partial charge in [0, 0.05) is 19.8 Å². The van der Waals surface area contributed by atoms with Crippen LogP contribution in [0.4, 0.5) is 0 Å². The fourth-order valence-electron chi connectivity index (χ4n) is 3.79. The van der Waals surface area contributed by atoms with Gasteiger partial charge in [0.1, 0.15) is 5.76 Å². The van der Waals surface area contributed by atoms with Gasteiger partial charge in [-0.3, -0.25) is 4.90 Å². The van der Waals surface area contributed by atoms with E-state index in [4.69, 9.17) is 9.15 Å². The van der Waals surface area contributed by atoms with Crippen molar-refractivity contribution in [2.45, 2.75) is 44.6 Å². The van der Waals surface area contributed by atoms with Crippen LogP contribution in [0, 0.1) is 5.41 Å². The second-order valence-corrected chi connectivity index (χ2v) is 7.07. The van der Waals surface area contributed by atoms with Crippen LogP contribution in [0.3, 0.4) is 0 Å². The summed E-state index contributed by atoms with van der Waals surface area (Å²) in [5, 5.41) is 9.96. The fraction of sp³-hybridized carbons (Fsp3) is 0.684. The van der Waals surface area contributed by atoms with Gasteiger partial charge in [-0.25, -0.2) is 0 Å². The van der Waals surface area contributed by atoms with Gasteiger partial charge in [0.25, 0.3) is 0 Å². The molecule has 128 valence electrons. The molecular formula is C19H29NO3. The number of likely N-dealkylation sites (tertiary alicyclic amines) is 1. The Hall–Kier alpha value is -1.10. The lowest BCUT2D eigenvalue weighted by Crippen LogP contribution is -2.44. The van der Waals surface area contributed by atoms with Gasteiger partial charge in [-0.1, -0.05) is 6.08 Å². The number of piperidine rings is 1. The van der Waals surface area contributed by atoms with Crippen LogP contribution in [0.25, 0.3) is 6.08 Å². The summed E-state index contributed by atoms with van der Waals surface area (Å²) in [6.07, 6.45) is 13.0. The fourth-order valence-corrected chi connectivity index (χ4v) is 3.79. The zero-order valence-electron chi connectivity index (χ0n) is 14.0. The van der Waals surface area contributed by atoms with E-state index in [0.29, 0.717) is 12.7 Å². The highest BCUT2D eigenvalue weighted by Crippen LogP contribution is 2.38. The van der Waals surface area contributed by atoms with Crippen LogP contribution >= 0.6 is 0 Å². The average molecular weight is 319 g/mol. The van der Waals surface area contributed by atoms with E-state index in [9.17, 15) is 5.11 Å². The molecule has 0 spiro atoms. The highest BCUT2D eigenvalue weighted by Gasteiger charge is 2.36. The van der Waals surface area contributed by atoms with Crippen molar-refractivity contribution in [2.24, 2.45) is 5.41 Å². The molecule has 3 rings (SSSR count). The second kappa shape index (κ2) is 8.13. The van der Waals surface area contributed by atoms with E-state index in [-0.39, 0.29) is 5.41 Å². The van der Waals surface area contributed by atoms with E-state index in [0.717, 1.165) is 57.7 Å². The first-order valence-electron chi connectivity index (χ1n) is 8.95. The molecule has 1 aromatic rings. The molecule has 0 amide bonds. The number of ether oxygens (including phenoxy) is 1. The number of aliphatic hydroxyl groups excluding tert-OH is 1.